The van der Waals surface area contributed by atoms with Crippen LogP contribution in [-0.4, -0.2) is 33.6 Å². The zero-order chi connectivity index (χ0) is 10.5. The first-order valence-electron chi connectivity index (χ1n) is 5.75. The highest BCUT2D eigenvalue weighted by molar-refractivity contribution is 4.81. The Morgan fingerprint density at radius 2 is 2.27 bits per heavy atom. The van der Waals surface area contributed by atoms with E-state index in [1.807, 2.05) is 16.9 Å². The lowest BCUT2D eigenvalue weighted by atomic mass is 9.93. The molecule has 4 heteroatoms. The summed E-state index contributed by atoms with van der Waals surface area (Å²) in [6.45, 7) is 1.75. The molecule has 84 valence electrons. The fraction of sp³-hybridized carbons (Fsp3) is 0.727. The molecule has 0 radical (unpaired) electrons. The van der Waals surface area contributed by atoms with Crippen molar-refractivity contribution in [3.8, 4) is 0 Å². The summed E-state index contributed by atoms with van der Waals surface area (Å²) >= 11 is 0. The molecule has 1 saturated carbocycles. The highest BCUT2D eigenvalue weighted by atomic mass is 16.3. The zero-order valence-electron chi connectivity index (χ0n) is 8.97. The van der Waals surface area contributed by atoms with Crippen LogP contribution in [0.5, 0.6) is 0 Å². The minimum atomic E-state index is -0.156. The Bertz CT molecular complexity index is 273. The maximum Gasteiger partial charge on any atom is 0.0693 e. The number of aliphatic hydroxyl groups is 1. The second-order valence-electron chi connectivity index (χ2n) is 4.18. The van der Waals surface area contributed by atoms with Crippen LogP contribution in [0.2, 0.25) is 0 Å². The highest BCUT2D eigenvalue weighted by Gasteiger charge is 2.21. The van der Waals surface area contributed by atoms with Gasteiger partial charge < -0.3 is 10.4 Å². The van der Waals surface area contributed by atoms with Gasteiger partial charge in [0.15, 0.2) is 0 Å². The molecule has 2 unspecified atom stereocenters. The normalized spacial score (nSPS) is 26.7. The van der Waals surface area contributed by atoms with Gasteiger partial charge in [-0.3, -0.25) is 4.68 Å². The topological polar surface area (TPSA) is 50.1 Å². The third-order valence-corrected chi connectivity index (χ3v) is 3.04. The van der Waals surface area contributed by atoms with Crippen molar-refractivity contribution in [2.45, 2.75) is 44.4 Å². The van der Waals surface area contributed by atoms with Crippen LogP contribution in [-0.2, 0) is 6.54 Å². The third kappa shape index (κ3) is 3.04. The summed E-state index contributed by atoms with van der Waals surface area (Å²) in [5.41, 5.74) is 0. The maximum atomic E-state index is 9.74. The molecule has 2 atom stereocenters. The Kier molecular flexibility index (Phi) is 3.75. The number of hydrogen-bond acceptors (Lipinski definition) is 3. The van der Waals surface area contributed by atoms with Crippen LogP contribution in [0.15, 0.2) is 18.5 Å². The molecule has 2 N–H and O–H groups in total. The van der Waals surface area contributed by atoms with E-state index in [0.29, 0.717) is 0 Å². The first-order chi connectivity index (χ1) is 7.36. The van der Waals surface area contributed by atoms with Crippen molar-refractivity contribution in [3.05, 3.63) is 18.5 Å². The van der Waals surface area contributed by atoms with Crippen molar-refractivity contribution in [1.29, 1.82) is 0 Å². The van der Waals surface area contributed by atoms with Crippen LogP contribution in [0, 0.1) is 0 Å². The van der Waals surface area contributed by atoms with Crippen LogP contribution >= 0.6 is 0 Å². The van der Waals surface area contributed by atoms with Gasteiger partial charge in [-0.15, -0.1) is 0 Å². The first kappa shape index (κ1) is 10.6. The summed E-state index contributed by atoms with van der Waals surface area (Å²) in [6, 6.07) is 2.21. The average molecular weight is 209 g/mol. The van der Waals surface area contributed by atoms with Crippen molar-refractivity contribution < 1.29 is 5.11 Å². The number of nitrogens with zero attached hydrogens (tertiary/aromatic N) is 2. The van der Waals surface area contributed by atoms with Crippen LogP contribution in [0.3, 0.4) is 0 Å². The molecule has 1 fully saturated rings. The molecule has 1 heterocycles. The van der Waals surface area contributed by atoms with Gasteiger partial charge in [0.1, 0.15) is 0 Å². The van der Waals surface area contributed by atoms with E-state index in [2.05, 4.69) is 10.4 Å². The van der Waals surface area contributed by atoms with Gasteiger partial charge in [0.2, 0.25) is 0 Å². The predicted molar refractivity (Wildman–Crippen MR) is 58.5 cm³/mol. The van der Waals surface area contributed by atoms with E-state index in [0.717, 1.165) is 25.9 Å². The monoisotopic (exact) mass is 209 g/mol. The molecule has 0 amide bonds. The minimum absolute atomic E-state index is 0.156. The summed E-state index contributed by atoms with van der Waals surface area (Å²) < 4.78 is 1.90. The molecule has 1 aliphatic rings. The van der Waals surface area contributed by atoms with Crippen molar-refractivity contribution in [2.75, 3.05) is 6.54 Å². The van der Waals surface area contributed by atoms with Crippen LogP contribution in [0.1, 0.15) is 25.7 Å². The molecule has 0 spiro atoms. The van der Waals surface area contributed by atoms with Gasteiger partial charge in [0.25, 0.3) is 0 Å². The van der Waals surface area contributed by atoms with Crippen molar-refractivity contribution in [1.82, 2.24) is 15.1 Å². The van der Waals surface area contributed by atoms with Gasteiger partial charge in [0, 0.05) is 25.0 Å². The summed E-state index contributed by atoms with van der Waals surface area (Å²) in [6.07, 6.45) is 8.03. The molecule has 2 rings (SSSR count). The quantitative estimate of drug-likeness (QED) is 0.770. The summed E-state index contributed by atoms with van der Waals surface area (Å²) in [5.74, 6) is 0. The second-order valence-corrected chi connectivity index (χ2v) is 4.18. The third-order valence-electron chi connectivity index (χ3n) is 3.04. The Morgan fingerprint density at radius 3 is 3.00 bits per heavy atom. The van der Waals surface area contributed by atoms with E-state index in [1.54, 1.807) is 6.20 Å². The van der Waals surface area contributed by atoms with E-state index >= 15 is 0 Å². The van der Waals surface area contributed by atoms with E-state index in [4.69, 9.17) is 0 Å². The zero-order valence-corrected chi connectivity index (χ0v) is 8.97. The second kappa shape index (κ2) is 5.28. The van der Waals surface area contributed by atoms with Gasteiger partial charge in [0.05, 0.1) is 12.6 Å². The molecule has 0 saturated heterocycles. The molecule has 0 bridgehead atoms. The number of rotatable bonds is 4. The van der Waals surface area contributed by atoms with E-state index in [1.165, 1.54) is 12.8 Å². The van der Waals surface area contributed by atoms with Gasteiger partial charge in [-0.2, -0.15) is 5.10 Å². The van der Waals surface area contributed by atoms with E-state index in [9.17, 15) is 5.11 Å². The predicted octanol–water partition coefficient (Wildman–Crippen LogP) is 0.776. The molecule has 1 aliphatic carbocycles. The van der Waals surface area contributed by atoms with Crippen molar-refractivity contribution in [2.24, 2.45) is 0 Å². The number of aliphatic hydroxyl groups excluding tert-OH is 1. The van der Waals surface area contributed by atoms with Crippen LogP contribution in [0.25, 0.3) is 0 Å². The summed E-state index contributed by atoms with van der Waals surface area (Å²) in [7, 11) is 0. The van der Waals surface area contributed by atoms with Gasteiger partial charge >= 0.3 is 0 Å². The number of nitrogens with one attached hydrogen (secondary N) is 1. The average Bonchev–Trinajstić information content (AvgIpc) is 2.74. The fourth-order valence-corrected chi connectivity index (χ4v) is 2.15. The van der Waals surface area contributed by atoms with Gasteiger partial charge in [-0.1, -0.05) is 12.8 Å². The maximum absolute atomic E-state index is 9.74. The molecule has 0 aromatic carbocycles. The fourth-order valence-electron chi connectivity index (χ4n) is 2.15. The molecular weight excluding hydrogens is 190 g/mol. The summed E-state index contributed by atoms with van der Waals surface area (Å²) in [5, 5.41) is 17.3. The first-order valence-corrected chi connectivity index (χ1v) is 5.75. The Labute approximate surface area is 90.3 Å². The Hall–Kier alpha value is -0.870. The van der Waals surface area contributed by atoms with Crippen LogP contribution in [0.4, 0.5) is 0 Å². The number of aromatic nitrogens is 2. The minimum Gasteiger partial charge on any atom is -0.392 e. The van der Waals surface area contributed by atoms with Gasteiger partial charge in [-0.25, -0.2) is 0 Å². The molecule has 1 aromatic heterocycles. The molecule has 15 heavy (non-hydrogen) atoms. The molecule has 1 aromatic rings. The number of hydrogen-bond donors (Lipinski definition) is 2. The lowest BCUT2D eigenvalue weighted by Crippen LogP contribution is -2.43. The molecular formula is C11H19N3O. The lowest BCUT2D eigenvalue weighted by molar-refractivity contribution is 0.0906. The van der Waals surface area contributed by atoms with E-state index in [-0.39, 0.29) is 12.1 Å². The molecule has 4 nitrogen and oxygen atoms in total. The highest BCUT2D eigenvalue weighted by Crippen LogP contribution is 2.17. The molecule has 0 aliphatic heterocycles. The van der Waals surface area contributed by atoms with Gasteiger partial charge in [-0.05, 0) is 18.9 Å². The summed E-state index contributed by atoms with van der Waals surface area (Å²) in [4.78, 5) is 0. The Morgan fingerprint density at radius 1 is 1.40 bits per heavy atom. The Balaban J connectivity index is 1.68. The SMILES string of the molecule is OC1CCCCC1NCCn1cccn1. The van der Waals surface area contributed by atoms with Crippen LogP contribution < -0.4 is 5.32 Å². The standard InChI is InChI=1S/C11H19N3O/c15-11-5-2-1-4-10(11)12-7-9-14-8-3-6-13-14/h3,6,8,10-12,15H,1-2,4-5,7,9H2. The van der Waals surface area contributed by atoms with Crippen molar-refractivity contribution >= 4 is 0 Å². The van der Waals surface area contributed by atoms with E-state index < -0.39 is 0 Å². The lowest BCUT2D eigenvalue weighted by Gasteiger charge is -2.28. The van der Waals surface area contributed by atoms with Crippen molar-refractivity contribution in [3.63, 3.8) is 0 Å². The smallest absolute Gasteiger partial charge is 0.0693 e. The largest absolute Gasteiger partial charge is 0.392 e.